The Hall–Kier alpha value is -1.90. The van der Waals surface area contributed by atoms with Crippen LogP contribution in [0, 0.1) is 0 Å². The first-order valence-electron chi connectivity index (χ1n) is 4.16. The smallest absolute Gasteiger partial charge is 0.211 e. The first-order valence-corrected chi connectivity index (χ1v) is 4.16. The number of aldehydes is 1. The van der Waals surface area contributed by atoms with Crippen LogP contribution in [0.4, 0.5) is 0 Å². The molecule has 1 N–H and O–H groups in total. The Morgan fingerprint density at radius 3 is 2.43 bits per heavy atom. The van der Waals surface area contributed by atoms with E-state index in [2.05, 4.69) is 5.32 Å². The SMILES string of the molecule is C/C=C\C=CC(=C/C=C\C=O)NC=O. The summed E-state index contributed by atoms with van der Waals surface area (Å²) >= 11 is 0. The van der Waals surface area contributed by atoms with Crippen LogP contribution in [0.3, 0.4) is 0 Å². The summed E-state index contributed by atoms with van der Waals surface area (Å²) in [4.78, 5) is 20.2. The zero-order valence-electron chi connectivity index (χ0n) is 8.01. The van der Waals surface area contributed by atoms with Gasteiger partial charge in [0.2, 0.25) is 6.41 Å². The van der Waals surface area contributed by atoms with E-state index < -0.39 is 0 Å². The largest absolute Gasteiger partial charge is 0.329 e. The number of hydrogen-bond donors (Lipinski definition) is 1. The van der Waals surface area contributed by atoms with Crippen LogP contribution in [0.1, 0.15) is 6.92 Å². The predicted octanol–water partition coefficient (Wildman–Crippen LogP) is 1.50. The molecule has 3 heteroatoms. The fourth-order valence-corrected chi connectivity index (χ4v) is 0.695. The molecular formula is C11H13NO2. The molecule has 0 aliphatic heterocycles. The topological polar surface area (TPSA) is 46.2 Å². The van der Waals surface area contributed by atoms with Gasteiger partial charge in [-0.05, 0) is 25.2 Å². The maximum atomic E-state index is 10.2. The average Bonchev–Trinajstić information content (AvgIpc) is 2.18. The molecule has 0 atom stereocenters. The molecule has 3 nitrogen and oxygen atoms in total. The molecule has 0 fully saturated rings. The van der Waals surface area contributed by atoms with E-state index >= 15 is 0 Å². The van der Waals surface area contributed by atoms with Gasteiger partial charge in [0.25, 0.3) is 0 Å². The molecule has 74 valence electrons. The summed E-state index contributed by atoms with van der Waals surface area (Å²) in [6.45, 7) is 1.90. The van der Waals surface area contributed by atoms with Crippen molar-refractivity contribution in [3.05, 3.63) is 48.2 Å². The van der Waals surface area contributed by atoms with Gasteiger partial charge in [-0.2, -0.15) is 0 Å². The first kappa shape index (κ1) is 12.1. The van der Waals surface area contributed by atoms with E-state index in [0.717, 1.165) is 0 Å². The highest BCUT2D eigenvalue weighted by atomic mass is 16.1. The number of hydrogen-bond acceptors (Lipinski definition) is 2. The van der Waals surface area contributed by atoms with Gasteiger partial charge in [-0.25, -0.2) is 0 Å². The Kier molecular flexibility index (Phi) is 7.94. The van der Waals surface area contributed by atoms with E-state index in [-0.39, 0.29) is 0 Å². The fourth-order valence-electron chi connectivity index (χ4n) is 0.695. The van der Waals surface area contributed by atoms with Gasteiger partial charge in [0.1, 0.15) is 6.29 Å². The second-order valence-corrected chi connectivity index (χ2v) is 2.29. The van der Waals surface area contributed by atoms with Crippen molar-refractivity contribution < 1.29 is 9.59 Å². The second-order valence-electron chi connectivity index (χ2n) is 2.29. The van der Waals surface area contributed by atoms with Crippen molar-refractivity contribution >= 4 is 12.7 Å². The Morgan fingerprint density at radius 2 is 1.86 bits per heavy atom. The van der Waals surface area contributed by atoms with E-state index in [1.807, 2.05) is 19.1 Å². The van der Waals surface area contributed by atoms with E-state index in [1.54, 1.807) is 24.3 Å². The van der Waals surface area contributed by atoms with Gasteiger partial charge in [-0.3, -0.25) is 9.59 Å². The summed E-state index contributed by atoms with van der Waals surface area (Å²) in [7, 11) is 0. The van der Waals surface area contributed by atoms with Crippen molar-refractivity contribution in [3.63, 3.8) is 0 Å². The molecule has 0 rings (SSSR count). The molecule has 0 aromatic rings. The Bertz CT molecular complexity index is 286. The molecule has 0 saturated carbocycles. The summed E-state index contributed by atoms with van der Waals surface area (Å²) in [5.74, 6) is 0. The summed E-state index contributed by atoms with van der Waals surface area (Å²) in [6.07, 6.45) is 13.0. The second kappa shape index (κ2) is 9.19. The van der Waals surface area contributed by atoms with Crippen molar-refractivity contribution in [1.82, 2.24) is 5.32 Å². The van der Waals surface area contributed by atoms with Crippen LogP contribution in [0.2, 0.25) is 0 Å². The normalized spacial score (nSPS) is 12.8. The van der Waals surface area contributed by atoms with Crippen molar-refractivity contribution in [2.75, 3.05) is 0 Å². The molecule has 1 amide bonds. The predicted molar refractivity (Wildman–Crippen MR) is 56.4 cm³/mol. The highest BCUT2D eigenvalue weighted by Gasteiger charge is 1.84. The van der Waals surface area contributed by atoms with E-state index in [9.17, 15) is 9.59 Å². The van der Waals surface area contributed by atoms with Crippen molar-refractivity contribution in [2.45, 2.75) is 6.92 Å². The molecule has 14 heavy (non-hydrogen) atoms. The molecule has 0 spiro atoms. The molecule has 0 radical (unpaired) electrons. The lowest BCUT2D eigenvalue weighted by atomic mass is 10.3. The van der Waals surface area contributed by atoms with Gasteiger partial charge in [0, 0.05) is 5.70 Å². The third-order valence-corrected chi connectivity index (χ3v) is 1.27. The zero-order chi connectivity index (χ0) is 10.6. The number of nitrogens with one attached hydrogen (secondary N) is 1. The highest BCUT2D eigenvalue weighted by molar-refractivity contribution is 5.65. The zero-order valence-corrected chi connectivity index (χ0v) is 8.01. The van der Waals surface area contributed by atoms with Gasteiger partial charge in [-0.1, -0.05) is 24.3 Å². The summed E-state index contributed by atoms with van der Waals surface area (Å²) < 4.78 is 0. The lowest BCUT2D eigenvalue weighted by molar-refractivity contribution is -0.109. The number of allylic oxidation sites excluding steroid dienone is 7. The quantitative estimate of drug-likeness (QED) is 0.393. The number of carbonyl (C=O) groups excluding carboxylic acids is 2. The third kappa shape index (κ3) is 6.79. The van der Waals surface area contributed by atoms with Crippen LogP contribution in [-0.2, 0) is 9.59 Å². The van der Waals surface area contributed by atoms with Gasteiger partial charge < -0.3 is 5.32 Å². The molecule has 0 aliphatic carbocycles. The van der Waals surface area contributed by atoms with Crippen LogP contribution in [0.25, 0.3) is 0 Å². The standard InChI is InChI=1S/C11H13NO2/c1-2-3-4-7-11(12-10-14)8-5-6-9-13/h2-10H,1H3,(H,12,14)/b3-2-,6-5-,7-4?,11-8?. The minimum atomic E-state index is 0.584. The third-order valence-electron chi connectivity index (χ3n) is 1.27. The van der Waals surface area contributed by atoms with E-state index in [1.165, 1.54) is 6.08 Å². The van der Waals surface area contributed by atoms with Gasteiger partial charge in [0.15, 0.2) is 0 Å². The van der Waals surface area contributed by atoms with Gasteiger partial charge in [-0.15, -0.1) is 0 Å². The summed E-state index contributed by atoms with van der Waals surface area (Å²) in [6, 6.07) is 0. The number of amides is 1. The van der Waals surface area contributed by atoms with Crippen LogP contribution in [0.5, 0.6) is 0 Å². The number of rotatable bonds is 6. The Morgan fingerprint density at radius 1 is 1.07 bits per heavy atom. The minimum Gasteiger partial charge on any atom is -0.329 e. The van der Waals surface area contributed by atoms with Crippen LogP contribution in [-0.4, -0.2) is 12.7 Å². The van der Waals surface area contributed by atoms with Gasteiger partial charge >= 0.3 is 0 Å². The molecule has 0 heterocycles. The van der Waals surface area contributed by atoms with Crippen LogP contribution < -0.4 is 5.32 Å². The lowest BCUT2D eigenvalue weighted by Crippen LogP contribution is -2.07. The first-order chi connectivity index (χ1) is 6.85. The molecule has 0 unspecified atom stereocenters. The molecule has 0 aromatic heterocycles. The van der Waals surface area contributed by atoms with E-state index in [4.69, 9.17) is 0 Å². The average molecular weight is 191 g/mol. The Balaban J connectivity index is 4.40. The maximum Gasteiger partial charge on any atom is 0.211 e. The highest BCUT2D eigenvalue weighted by Crippen LogP contribution is 1.92. The minimum absolute atomic E-state index is 0.584. The molecule has 0 bridgehead atoms. The summed E-state index contributed by atoms with van der Waals surface area (Å²) in [5.41, 5.74) is 0.621. The van der Waals surface area contributed by atoms with Crippen LogP contribution >= 0.6 is 0 Å². The van der Waals surface area contributed by atoms with Crippen molar-refractivity contribution in [3.8, 4) is 0 Å². The van der Waals surface area contributed by atoms with Crippen molar-refractivity contribution in [1.29, 1.82) is 0 Å². The van der Waals surface area contributed by atoms with Crippen LogP contribution in [0.15, 0.2) is 48.2 Å². The van der Waals surface area contributed by atoms with Crippen molar-refractivity contribution in [2.24, 2.45) is 0 Å². The Labute approximate surface area is 83.5 Å². The maximum absolute atomic E-state index is 10.2. The monoisotopic (exact) mass is 191 g/mol. The molecular weight excluding hydrogens is 178 g/mol. The summed E-state index contributed by atoms with van der Waals surface area (Å²) in [5, 5.41) is 2.49. The van der Waals surface area contributed by atoms with E-state index in [0.29, 0.717) is 18.4 Å². The molecule has 0 aromatic carbocycles. The lowest BCUT2D eigenvalue weighted by Gasteiger charge is -1.95. The van der Waals surface area contributed by atoms with Gasteiger partial charge in [0.05, 0.1) is 0 Å². The molecule has 0 saturated heterocycles. The fraction of sp³-hybridized carbons (Fsp3) is 0.0909. The molecule has 0 aliphatic rings. The number of carbonyl (C=O) groups is 2.